The van der Waals surface area contributed by atoms with E-state index in [0.717, 1.165) is 12.1 Å². The van der Waals surface area contributed by atoms with Gasteiger partial charge in [-0.05, 0) is 36.6 Å². The van der Waals surface area contributed by atoms with Crippen LogP contribution in [0.1, 0.15) is 23.6 Å². The summed E-state index contributed by atoms with van der Waals surface area (Å²) in [5, 5.41) is 4.31. The van der Waals surface area contributed by atoms with Gasteiger partial charge in [0, 0.05) is 5.56 Å². The van der Waals surface area contributed by atoms with E-state index in [-0.39, 0.29) is 0 Å². The normalized spacial score (nSPS) is 10.8. The molecule has 18 heavy (non-hydrogen) atoms. The molecule has 0 aliphatic rings. The van der Waals surface area contributed by atoms with Crippen molar-refractivity contribution in [1.82, 2.24) is 0 Å². The SMILES string of the molecule is CCc1cccc(C)c1C=NNc1ccccc1. The Morgan fingerprint density at radius 1 is 1.06 bits per heavy atom. The molecule has 0 spiro atoms. The lowest BCUT2D eigenvalue weighted by Gasteiger charge is -2.06. The number of hydrogen-bond donors (Lipinski definition) is 1. The van der Waals surface area contributed by atoms with Crippen molar-refractivity contribution < 1.29 is 0 Å². The maximum atomic E-state index is 4.31. The van der Waals surface area contributed by atoms with Crippen molar-refractivity contribution in [3.05, 3.63) is 65.2 Å². The quantitative estimate of drug-likeness (QED) is 0.631. The van der Waals surface area contributed by atoms with Crippen LogP contribution in [-0.4, -0.2) is 6.21 Å². The van der Waals surface area contributed by atoms with Crippen LogP contribution in [0.15, 0.2) is 53.6 Å². The molecule has 0 amide bonds. The van der Waals surface area contributed by atoms with Crippen LogP contribution in [0.4, 0.5) is 5.69 Å². The summed E-state index contributed by atoms with van der Waals surface area (Å²) in [4.78, 5) is 0. The van der Waals surface area contributed by atoms with Crippen LogP contribution in [0, 0.1) is 6.92 Å². The summed E-state index contributed by atoms with van der Waals surface area (Å²) >= 11 is 0. The van der Waals surface area contributed by atoms with Gasteiger partial charge in [0.05, 0.1) is 11.9 Å². The highest BCUT2D eigenvalue weighted by molar-refractivity contribution is 5.84. The standard InChI is InChI=1S/C16H18N2/c1-3-14-9-7-8-13(2)16(14)12-17-18-15-10-5-4-6-11-15/h4-12,18H,3H2,1-2H3. The topological polar surface area (TPSA) is 24.4 Å². The third-order valence-corrected chi connectivity index (χ3v) is 2.96. The molecule has 0 heterocycles. The molecule has 0 atom stereocenters. The lowest BCUT2D eigenvalue weighted by molar-refractivity contribution is 1.12. The van der Waals surface area contributed by atoms with Gasteiger partial charge in [0.15, 0.2) is 0 Å². The Bertz CT molecular complexity index is 530. The maximum absolute atomic E-state index is 4.31. The second-order valence-electron chi connectivity index (χ2n) is 4.24. The van der Waals surface area contributed by atoms with E-state index < -0.39 is 0 Å². The van der Waals surface area contributed by atoms with Crippen LogP contribution in [-0.2, 0) is 6.42 Å². The number of para-hydroxylation sites is 1. The smallest absolute Gasteiger partial charge is 0.0561 e. The minimum atomic E-state index is 1.00. The van der Waals surface area contributed by atoms with Crippen molar-refractivity contribution in [3.63, 3.8) is 0 Å². The molecule has 92 valence electrons. The van der Waals surface area contributed by atoms with E-state index in [2.05, 4.69) is 42.6 Å². The van der Waals surface area contributed by atoms with Crippen LogP contribution in [0.2, 0.25) is 0 Å². The highest BCUT2D eigenvalue weighted by atomic mass is 15.3. The first kappa shape index (κ1) is 12.4. The van der Waals surface area contributed by atoms with Gasteiger partial charge >= 0.3 is 0 Å². The molecule has 0 unspecified atom stereocenters. The molecule has 0 fully saturated rings. The minimum absolute atomic E-state index is 1.00. The van der Waals surface area contributed by atoms with E-state index in [1.165, 1.54) is 16.7 Å². The number of aryl methyl sites for hydroxylation is 2. The van der Waals surface area contributed by atoms with Crippen LogP contribution in [0.3, 0.4) is 0 Å². The molecule has 2 aromatic rings. The molecule has 0 bridgehead atoms. The van der Waals surface area contributed by atoms with Gasteiger partial charge in [-0.25, -0.2) is 0 Å². The number of hydrogen-bond acceptors (Lipinski definition) is 2. The second-order valence-corrected chi connectivity index (χ2v) is 4.24. The predicted octanol–water partition coefficient (Wildman–Crippen LogP) is 4.00. The van der Waals surface area contributed by atoms with E-state index in [1.54, 1.807) is 0 Å². The van der Waals surface area contributed by atoms with E-state index in [0.29, 0.717) is 0 Å². The Hall–Kier alpha value is -2.09. The number of anilines is 1. The Morgan fingerprint density at radius 2 is 1.83 bits per heavy atom. The van der Waals surface area contributed by atoms with E-state index in [1.807, 2.05) is 36.5 Å². The summed E-state index contributed by atoms with van der Waals surface area (Å²) in [5.74, 6) is 0. The lowest BCUT2D eigenvalue weighted by Crippen LogP contribution is -1.97. The number of nitrogens with one attached hydrogen (secondary N) is 1. The lowest BCUT2D eigenvalue weighted by atomic mass is 10.0. The first-order valence-corrected chi connectivity index (χ1v) is 6.24. The monoisotopic (exact) mass is 238 g/mol. The fraction of sp³-hybridized carbons (Fsp3) is 0.188. The fourth-order valence-corrected chi connectivity index (χ4v) is 1.92. The van der Waals surface area contributed by atoms with Crippen molar-refractivity contribution in [2.75, 3.05) is 5.43 Å². The molecule has 0 aliphatic carbocycles. The molecular weight excluding hydrogens is 220 g/mol. The van der Waals surface area contributed by atoms with Gasteiger partial charge in [0.1, 0.15) is 0 Å². The second kappa shape index (κ2) is 6.01. The average Bonchev–Trinajstić information content (AvgIpc) is 2.41. The van der Waals surface area contributed by atoms with E-state index >= 15 is 0 Å². The highest BCUT2D eigenvalue weighted by Gasteiger charge is 2.00. The van der Waals surface area contributed by atoms with Crippen LogP contribution in [0.25, 0.3) is 0 Å². The zero-order valence-corrected chi connectivity index (χ0v) is 10.9. The maximum Gasteiger partial charge on any atom is 0.0561 e. The molecule has 0 aromatic heterocycles. The molecule has 2 aromatic carbocycles. The molecule has 0 radical (unpaired) electrons. The van der Waals surface area contributed by atoms with Gasteiger partial charge in [-0.1, -0.05) is 43.3 Å². The number of rotatable bonds is 4. The number of nitrogens with zero attached hydrogens (tertiary/aromatic N) is 1. The van der Waals surface area contributed by atoms with Crippen LogP contribution in [0.5, 0.6) is 0 Å². The third-order valence-electron chi connectivity index (χ3n) is 2.96. The summed E-state index contributed by atoms with van der Waals surface area (Å²) < 4.78 is 0. The van der Waals surface area contributed by atoms with Gasteiger partial charge in [0.2, 0.25) is 0 Å². The van der Waals surface area contributed by atoms with Crippen molar-refractivity contribution in [1.29, 1.82) is 0 Å². The zero-order chi connectivity index (χ0) is 12.8. The summed E-state index contributed by atoms with van der Waals surface area (Å²) in [6, 6.07) is 16.3. The van der Waals surface area contributed by atoms with Crippen molar-refractivity contribution in [3.8, 4) is 0 Å². The summed E-state index contributed by atoms with van der Waals surface area (Å²) in [6.45, 7) is 4.28. The molecular formula is C16H18N2. The Labute approximate surface area is 108 Å². The van der Waals surface area contributed by atoms with Crippen LogP contribution >= 0.6 is 0 Å². The molecule has 2 nitrogen and oxygen atoms in total. The average molecular weight is 238 g/mol. The fourth-order valence-electron chi connectivity index (χ4n) is 1.92. The van der Waals surface area contributed by atoms with Gasteiger partial charge in [-0.2, -0.15) is 5.10 Å². The molecule has 2 rings (SSSR count). The summed E-state index contributed by atoms with van der Waals surface area (Å²) in [5.41, 5.74) is 7.84. The van der Waals surface area contributed by atoms with E-state index in [9.17, 15) is 0 Å². The van der Waals surface area contributed by atoms with Gasteiger partial charge in [-0.15, -0.1) is 0 Å². The summed E-state index contributed by atoms with van der Waals surface area (Å²) in [6.07, 6.45) is 2.93. The van der Waals surface area contributed by atoms with Gasteiger partial charge in [-0.3, -0.25) is 5.43 Å². The number of hydrazone groups is 1. The zero-order valence-electron chi connectivity index (χ0n) is 10.9. The van der Waals surface area contributed by atoms with E-state index in [4.69, 9.17) is 0 Å². The first-order valence-electron chi connectivity index (χ1n) is 6.24. The van der Waals surface area contributed by atoms with Crippen molar-refractivity contribution in [2.45, 2.75) is 20.3 Å². The molecule has 0 saturated heterocycles. The van der Waals surface area contributed by atoms with Gasteiger partial charge < -0.3 is 0 Å². The molecule has 0 aliphatic heterocycles. The largest absolute Gasteiger partial charge is 0.279 e. The Morgan fingerprint density at radius 3 is 2.56 bits per heavy atom. The summed E-state index contributed by atoms with van der Waals surface area (Å²) in [7, 11) is 0. The Balaban J connectivity index is 2.14. The van der Waals surface area contributed by atoms with Crippen molar-refractivity contribution >= 4 is 11.9 Å². The van der Waals surface area contributed by atoms with Gasteiger partial charge in [0.25, 0.3) is 0 Å². The highest BCUT2D eigenvalue weighted by Crippen LogP contribution is 2.13. The number of benzene rings is 2. The molecule has 0 saturated carbocycles. The Kier molecular flexibility index (Phi) is 4.13. The molecule has 1 N–H and O–H groups in total. The van der Waals surface area contributed by atoms with Crippen LogP contribution < -0.4 is 5.43 Å². The predicted molar refractivity (Wildman–Crippen MR) is 78.2 cm³/mol. The molecule has 2 heteroatoms. The first-order chi connectivity index (χ1) is 8.81. The minimum Gasteiger partial charge on any atom is -0.279 e. The third kappa shape index (κ3) is 2.98. The van der Waals surface area contributed by atoms with Crippen molar-refractivity contribution in [2.24, 2.45) is 5.10 Å².